The van der Waals surface area contributed by atoms with Crippen LogP contribution in [-0.2, 0) is 0 Å². The van der Waals surface area contributed by atoms with Crippen molar-refractivity contribution in [2.45, 2.75) is 12.5 Å². The normalized spacial score (nSPS) is 17.8. The van der Waals surface area contributed by atoms with E-state index in [1.54, 1.807) is 13.3 Å². The molecule has 1 fully saturated rings. The van der Waals surface area contributed by atoms with Crippen molar-refractivity contribution in [2.24, 2.45) is 0 Å². The van der Waals surface area contributed by atoms with Gasteiger partial charge < -0.3 is 19.7 Å². The lowest BCUT2D eigenvalue weighted by atomic mass is 10.2. The molecule has 0 aliphatic carbocycles. The van der Waals surface area contributed by atoms with Crippen LogP contribution >= 0.6 is 0 Å². The zero-order valence-corrected chi connectivity index (χ0v) is 12.9. The van der Waals surface area contributed by atoms with Gasteiger partial charge in [0.1, 0.15) is 5.82 Å². The third kappa shape index (κ3) is 2.51. The lowest BCUT2D eigenvalue weighted by molar-refractivity contribution is 0.198. The maximum absolute atomic E-state index is 9.79. The van der Waals surface area contributed by atoms with Crippen molar-refractivity contribution >= 4 is 16.9 Å². The van der Waals surface area contributed by atoms with Crippen LogP contribution in [0, 0.1) is 0 Å². The molecule has 23 heavy (non-hydrogen) atoms. The molecule has 0 aromatic carbocycles. The van der Waals surface area contributed by atoms with E-state index in [4.69, 9.17) is 4.74 Å². The van der Waals surface area contributed by atoms with Gasteiger partial charge in [-0.3, -0.25) is 0 Å². The Bertz CT molecular complexity index is 845. The van der Waals surface area contributed by atoms with Crippen LogP contribution < -0.4 is 9.64 Å². The molecule has 1 unspecified atom stereocenters. The van der Waals surface area contributed by atoms with Crippen LogP contribution in [0.5, 0.6) is 5.88 Å². The van der Waals surface area contributed by atoms with E-state index in [-0.39, 0.29) is 6.10 Å². The highest BCUT2D eigenvalue weighted by Gasteiger charge is 2.24. The number of nitrogens with one attached hydrogen (secondary N) is 1. The molecule has 0 radical (unpaired) electrons. The number of aromatic amines is 1. The number of nitrogens with zero attached hydrogens (tertiary/aromatic N) is 3. The Morgan fingerprint density at radius 1 is 1.35 bits per heavy atom. The smallest absolute Gasteiger partial charge is 0.213 e. The zero-order chi connectivity index (χ0) is 15.8. The van der Waals surface area contributed by atoms with Crippen molar-refractivity contribution in [2.75, 3.05) is 25.1 Å². The fourth-order valence-electron chi connectivity index (χ4n) is 3.04. The summed E-state index contributed by atoms with van der Waals surface area (Å²) in [7, 11) is 1.61. The molecule has 1 saturated heterocycles. The van der Waals surface area contributed by atoms with E-state index >= 15 is 0 Å². The maximum Gasteiger partial charge on any atom is 0.213 e. The second kappa shape index (κ2) is 5.55. The summed E-state index contributed by atoms with van der Waals surface area (Å²) >= 11 is 0. The van der Waals surface area contributed by atoms with Crippen molar-refractivity contribution in [3.8, 4) is 17.1 Å². The van der Waals surface area contributed by atoms with Crippen molar-refractivity contribution in [3.05, 3.63) is 36.5 Å². The number of aliphatic hydroxyl groups excluding tert-OH is 1. The first kappa shape index (κ1) is 14.0. The number of anilines is 1. The zero-order valence-electron chi connectivity index (χ0n) is 12.9. The Morgan fingerprint density at radius 3 is 3.04 bits per heavy atom. The molecule has 0 spiro atoms. The number of hydrogen-bond acceptors (Lipinski definition) is 5. The molecule has 0 amide bonds. The number of fused-ring (bicyclic) bond motifs is 1. The number of H-pyrrole nitrogens is 1. The summed E-state index contributed by atoms with van der Waals surface area (Å²) < 4.78 is 5.18. The summed E-state index contributed by atoms with van der Waals surface area (Å²) in [5.74, 6) is 1.49. The summed E-state index contributed by atoms with van der Waals surface area (Å²) in [6, 6.07) is 9.76. The van der Waals surface area contributed by atoms with Crippen LogP contribution in [0.3, 0.4) is 0 Å². The molecule has 0 bridgehead atoms. The van der Waals surface area contributed by atoms with Gasteiger partial charge in [-0.2, -0.15) is 0 Å². The molecule has 3 aromatic rings. The van der Waals surface area contributed by atoms with Crippen LogP contribution in [0.15, 0.2) is 36.5 Å². The molecule has 6 heteroatoms. The standard InChI is InChI=1S/C17H18N4O2/c1-23-16-5-4-13-15(20-16)9-14(19-13)12-3-2-7-18-17(12)21-8-6-11(22)10-21/h2-5,7,9,11,19,22H,6,8,10H2,1H3. The van der Waals surface area contributed by atoms with E-state index in [1.807, 2.05) is 30.3 Å². The number of hydrogen-bond donors (Lipinski definition) is 2. The number of β-amino-alcohol motifs (C(OH)–C–C–N with tert-alkyl or cyclic N) is 1. The molecule has 118 valence electrons. The topological polar surface area (TPSA) is 74.3 Å². The summed E-state index contributed by atoms with van der Waals surface area (Å²) in [5.41, 5.74) is 3.79. The second-order valence-electron chi connectivity index (χ2n) is 5.73. The van der Waals surface area contributed by atoms with Gasteiger partial charge in [0.25, 0.3) is 0 Å². The number of methoxy groups -OCH3 is 1. The first-order valence-corrected chi connectivity index (χ1v) is 7.67. The summed E-state index contributed by atoms with van der Waals surface area (Å²) in [5, 5.41) is 9.79. The monoisotopic (exact) mass is 310 g/mol. The highest BCUT2D eigenvalue weighted by molar-refractivity contribution is 5.86. The van der Waals surface area contributed by atoms with Gasteiger partial charge in [0.05, 0.1) is 29.9 Å². The quantitative estimate of drug-likeness (QED) is 0.776. The fraction of sp³-hybridized carbons (Fsp3) is 0.294. The van der Waals surface area contributed by atoms with E-state index in [0.29, 0.717) is 12.4 Å². The van der Waals surface area contributed by atoms with Gasteiger partial charge >= 0.3 is 0 Å². The molecule has 3 aromatic heterocycles. The first-order chi connectivity index (χ1) is 11.2. The minimum atomic E-state index is -0.279. The molecule has 0 saturated carbocycles. The third-order valence-corrected chi connectivity index (χ3v) is 4.20. The number of rotatable bonds is 3. The summed E-state index contributed by atoms with van der Waals surface area (Å²) in [6.45, 7) is 1.44. The highest BCUT2D eigenvalue weighted by atomic mass is 16.5. The lowest BCUT2D eigenvalue weighted by Gasteiger charge is -2.19. The van der Waals surface area contributed by atoms with Gasteiger partial charge in [-0.05, 0) is 30.7 Å². The van der Waals surface area contributed by atoms with Gasteiger partial charge in [-0.25, -0.2) is 9.97 Å². The Balaban J connectivity index is 1.78. The molecule has 2 N–H and O–H groups in total. The fourth-order valence-corrected chi connectivity index (χ4v) is 3.04. The van der Waals surface area contributed by atoms with Crippen LogP contribution in [-0.4, -0.2) is 46.4 Å². The maximum atomic E-state index is 9.79. The number of pyridine rings is 2. The van der Waals surface area contributed by atoms with E-state index in [1.165, 1.54) is 0 Å². The molecular weight excluding hydrogens is 292 g/mol. The predicted molar refractivity (Wildman–Crippen MR) is 88.7 cm³/mol. The van der Waals surface area contributed by atoms with Gasteiger partial charge in [-0.1, -0.05) is 0 Å². The average Bonchev–Trinajstić information content (AvgIpc) is 3.20. The predicted octanol–water partition coefficient (Wildman–Crippen LogP) is 2.20. The van der Waals surface area contributed by atoms with Crippen molar-refractivity contribution in [3.63, 3.8) is 0 Å². The Kier molecular flexibility index (Phi) is 3.38. The molecule has 4 heterocycles. The van der Waals surface area contributed by atoms with Crippen LogP contribution in [0.2, 0.25) is 0 Å². The van der Waals surface area contributed by atoms with Gasteiger partial charge in [0.15, 0.2) is 0 Å². The summed E-state index contributed by atoms with van der Waals surface area (Å²) in [4.78, 5) is 14.5. The minimum absolute atomic E-state index is 0.279. The van der Waals surface area contributed by atoms with E-state index in [0.717, 1.165) is 41.1 Å². The molecular formula is C17H18N4O2. The van der Waals surface area contributed by atoms with Crippen LogP contribution in [0.4, 0.5) is 5.82 Å². The van der Waals surface area contributed by atoms with Gasteiger partial charge in [0, 0.05) is 30.9 Å². The average molecular weight is 310 g/mol. The van der Waals surface area contributed by atoms with Gasteiger partial charge in [-0.15, -0.1) is 0 Å². The lowest BCUT2D eigenvalue weighted by Crippen LogP contribution is -2.22. The van der Waals surface area contributed by atoms with E-state index < -0.39 is 0 Å². The van der Waals surface area contributed by atoms with Crippen LogP contribution in [0.25, 0.3) is 22.3 Å². The van der Waals surface area contributed by atoms with Crippen molar-refractivity contribution < 1.29 is 9.84 Å². The van der Waals surface area contributed by atoms with Crippen LogP contribution in [0.1, 0.15) is 6.42 Å². The molecule has 6 nitrogen and oxygen atoms in total. The second-order valence-corrected chi connectivity index (χ2v) is 5.73. The number of ether oxygens (including phenoxy) is 1. The summed E-state index contributed by atoms with van der Waals surface area (Å²) in [6.07, 6.45) is 2.29. The Labute approximate surface area is 133 Å². The Hall–Kier alpha value is -2.60. The minimum Gasteiger partial charge on any atom is -0.481 e. The number of aromatic nitrogens is 3. The van der Waals surface area contributed by atoms with Gasteiger partial charge in [0.2, 0.25) is 5.88 Å². The molecule has 4 rings (SSSR count). The van der Waals surface area contributed by atoms with Crippen molar-refractivity contribution in [1.29, 1.82) is 0 Å². The molecule has 1 aliphatic heterocycles. The third-order valence-electron chi connectivity index (χ3n) is 4.20. The highest BCUT2D eigenvalue weighted by Crippen LogP contribution is 2.32. The van der Waals surface area contributed by atoms with E-state index in [9.17, 15) is 5.11 Å². The Morgan fingerprint density at radius 2 is 2.26 bits per heavy atom. The van der Waals surface area contributed by atoms with Crippen molar-refractivity contribution in [1.82, 2.24) is 15.0 Å². The largest absolute Gasteiger partial charge is 0.481 e. The first-order valence-electron chi connectivity index (χ1n) is 7.67. The van der Waals surface area contributed by atoms with E-state index in [2.05, 4.69) is 19.9 Å². The SMILES string of the molecule is COc1ccc2[nH]c(-c3cccnc3N3CCC(O)C3)cc2n1. The molecule has 1 atom stereocenters. The number of aliphatic hydroxyl groups is 1. The molecule has 1 aliphatic rings.